The van der Waals surface area contributed by atoms with E-state index in [2.05, 4.69) is 14.8 Å². The Morgan fingerprint density at radius 1 is 1.16 bits per heavy atom. The molecule has 4 rings (SSSR count). The number of amides is 1. The van der Waals surface area contributed by atoms with Gasteiger partial charge in [-0.25, -0.2) is 9.78 Å². The van der Waals surface area contributed by atoms with Gasteiger partial charge in [-0.1, -0.05) is 18.9 Å². The molecule has 6 nitrogen and oxygen atoms in total. The highest BCUT2D eigenvalue weighted by Crippen LogP contribution is 2.43. The highest BCUT2D eigenvalue weighted by atomic mass is 16.4. The summed E-state index contributed by atoms with van der Waals surface area (Å²) in [7, 11) is 0. The van der Waals surface area contributed by atoms with Gasteiger partial charge in [0, 0.05) is 25.7 Å². The summed E-state index contributed by atoms with van der Waals surface area (Å²) in [5.74, 6) is -0.0259. The number of carbonyl (C=O) groups excluding carboxylic acids is 1. The molecule has 1 saturated carbocycles. The second kappa shape index (κ2) is 6.32. The molecule has 2 saturated heterocycles. The minimum Gasteiger partial charge on any atom is -0.477 e. The molecule has 1 N–H and O–H groups in total. The fraction of sp³-hybridized carbons (Fsp3) is 0.632. The molecule has 6 heteroatoms. The lowest BCUT2D eigenvalue weighted by molar-refractivity contribution is -0.147. The van der Waals surface area contributed by atoms with Gasteiger partial charge < -0.3 is 14.9 Å². The first-order valence-electron chi connectivity index (χ1n) is 9.35. The molecule has 3 fully saturated rings. The smallest absolute Gasteiger partial charge is 0.354 e. The van der Waals surface area contributed by atoms with Crippen molar-refractivity contribution >= 4 is 17.7 Å². The van der Waals surface area contributed by atoms with Crippen LogP contribution in [0.1, 0.15) is 55.4 Å². The van der Waals surface area contributed by atoms with Crippen molar-refractivity contribution in [3.63, 3.8) is 0 Å². The summed E-state index contributed by atoms with van der Waals surface area (Å²) < 4.78 is 0. The summed E-state index contributed by atoms with van der Waals surface area (Å²) in [6.07, 6.45) is 7.61. The number of hydrogen-bond acceptors (Lipinski definition) is 4. The molecule has 3 aliphatic rings. The van der Waals surface area contributed by atoms with Crippen LogP contribution in [0, 0.1) is 5.41 Å². The van der Waals surface area contributed by atoms with Crippen LogP contribution in [0.15, 0.2) is 18.2 Å². The molecule has 0 bridgehead atoms. The zero-order chi connectivity index (χ0) is 17.4. The van der Waals surface area contributed by atoms with Crippen molar-refractivity contribution in [3.05, 3.63) is 23.9 Å². The molecular weight excluding hydrogens is 318 g/mol. The number of carboxylic acid groups (broad SMARTS) is 1. The van der Waals surface area contributed by atoms with Crippen LogP contribution in [-0.4, -0.2) is 52.5 Å². The summed E-state index contributed by atoms with van der Waals surface area (Å²) in [4.78, 5) is 32.9. The predicted octanol–water partition coefficient (Wildman–Crippen LogP) is 2.54. The van der Waals surface area contributed by atoms with Crippen molar-refractivity contribution in [1.29, 1.82) is 0 Å². The largest absolute Gasteiger partial charge is 0.477 e. The summed E-state index contributed by atoms with van der Waals surface area (Å²) >= 11 is 0. The molecule has 1 aromatic rings. The van der Waals surface area contributed by atoms with Gasteiger partial charge in [0.05, 0.1) is 5.41 Å². The molecule has 1 atom stereocenters. The van der Waals surface area contributed by atoms with Crippen molar-refractivity contribution in [2.24, 2.45) is 5.41 Å². The van der Waals surface area contributed by atoms with Gasteiger partial charge in [0.25, 0.3) is 0 Å². The lowest BCUT2D eigenvalue weighted by Crippen LogP contribution is -2.53. The van der Waals surface area contributed by atoms with Crippen LogP contribution in [0.4, 0.5) is 5.82 Å². The van der Waals surface area contributed by atoms with Crippen LogP contribution in [0.25, 0.3) is 0 Å². The number of hydrogen-bond donors (Lipinski definition) is 1. The standard InChI is InChI=1S/C19H25N3O3/c23-17(24)15-7-3-8-16(20-15)21-12-10-19(13-21)9-4-11-22(18(19)25)14-5-1-2-6-14/h3,7-8,14H,1-2,4-6,9-13H2,(H,23,24). The average Bonchev–Trinajstić information content (AvgIpc) is 3.28. The second-order valence-electron chi connectivity index (χ2n) is 7.68. The van der Waals surface area contributed by atoms with Crippen molar-refractivity contribution in [3.8, 4) is 0 Å². The van der Waals surface area contributed by atoms with E-state index in [-0.39, 0.29) is 11.1 Å². The third-order valence-electron chi connectivity index (χ3n) is 6.17. The van der Waals surface area contributed by atoms with Crippen molar-refractivity contribution < 1.29 is 14.7 Å². The van der Waals surface area contributed by atoms with Gasteiger partial charge in [0.15, 0.2) is 5.69 Å². The Labute approximate surface area is 147 Å². The first-order chi connectivity index (χ1) is 12.1. The molecule has 1 amide bonds. The summed E-state index contributed by atoms with van der Waals surface area (Å²) in [5, 5.41) is 9.15. The minimum atomic E-state index is -1.02. The SMILES string of the molecule is O=C(O)c1cccc(N2CCC3(CCCN(C4CCCC4)C3=O)C2)n1. The quantitative estimate of drug-likeness (QED) is 0.913. The third kappa shape index (κ3) is 2.87. The number of carboxylic acids is 1. The molecule has 1 aromatic heterocycles. The summed E-state index contributed by atoms with van der Waals surface area (Å²) in [6, 6.07) is 5.51. The van der Waals surface area contributed by atoms with Gasteiger partial charge in [-0.15, -0.1) is 0 Å². The zero-order valence-electron chi connectivity index (χ0n) is 14.5. The van der Waals surface area contributed by atoms with Crippen LogP contribution in [-0.2, 0) is 4.79 Å². The fourth-order valence-electron chi connectivity index (χ4n) is 4.83. The number of pyridine rings is 1. The van der Waals surface area contributed by atoms with Gasteiger partial charge in [-0.3, -0.25) is 4.79 Å². The number of aromatic carboxylic acids is 1. The van der Waals surface area contributed by atoms with E-state index in [0.29, 0.717) is 24.3 Å². The van der Waals surface area contributed by atoms with Crippen molar-refractivity contribution in [2.45, 2.75) is 51.0 Å². The Morgan fingerprint density at radius 2 is 1.96 bits per heavy atom. The van der Waals surface area contributed by atoms with Gasteiger partial charge in [-0.2, -0.15) is 0 Å². The summed E-state index contributed by atoms with van der Waals surface area (Å²) in [6.45, 7) is 2.32. The Hall–Kier alpha value is -2.11. The fourth-order valence-corrected chi connectivity index (χ4v) is 4.83. The van der Waals surface area contributed by atoms with Crippen molar-refractivity contribution in [1.82, 2.24) is 9.88 Å². The monoisotopic (exact) mass is 343 g/mol. The maximum Gasteiger partial charge on any atom is 0.354 e. The third-order valence-corrected chi connectivity index (χ3v) is 6.17. The number of carbonyl (C=O) groups is 2. The molecule has 1 aliphatic carbocycles. The van der Waals surface area contributed by atoms with E-state index in [1.807, 2.05) is 6.07 Å². The van der Waals surface area contributed by atoms with E-state index in [4.69, 9.17) is 5.11 Å². The number of aromatic nitrogens is 1. The van der Waals surface area contributed by atoms with Gasteiger partial charge in [0.1, 0.15) is 5.82 Å². The number of nitrogens with zero attached hydrogens (tertiary/aromatic N) is 3. The molecule has 1 spiro atoms. The van der Waals surface area contributed by atoms with E-state index >= 15 is 0 Å². The van der Waals surface area contributed by atoms with Gasteiger partial charge in [-0.05, 0) is 44.2 Å². The number of rotatable bonds is 3. The second-order valence-corrected chi connectivity index (χ2v) is 7.68. The predicted molar refractivity (Wildman–Crippen MR) is 93.7 cm³/mol. The Balaban J connectivity index is 1.53. The lowest BCUT2D eigenvalue weighted by Gasteiger charge is -2.42. The Morgan fingerprint density at radius 3 is 2.72 bits per heavy atom. The van der Waals surface area contributed by atoms with Crippen molar-refractivity contribution in [2.75, 3.05) is 24.5 Å². The molecule has 25 heavy (non-hydrogen) atoms. The van der Waals surface area contributed by atoms with E-state index in [0.717, 1.165) is 45.2 Å². The molecule has 2 aliphatic heterocycles. The van der Waals surface area contributed by atoms with Gasteiger partial charge in [0.2, 0.25) is 5.91 Å². The molecule has 3 heterocycles. The van der Waals surface area contributed by atoms with Crippen LogP contribution in [0.3, 0.4) is 0 Å². The highest BCUT2D eigenvalue weighted by Gasteiger charge is 2.50. The number of likely N-dealkylation sites (tertiary alicyclic amines) is 1. The van der Waals surface area contributed by atoms with Crippen LogP contribution in [0.2, 0.25) is 0 Å². The molecule has 134 valence electrons. The maximum atomic E-state index is 13.3. The Bertz CT molecular complexity index is 686. The van der Waals surface area contributed by atoms with E-state index < -0.39 is 5.97 Å². The lowest BCUT2D eigenvalue weighted by atomic mass is 9.77. The topological polar surface area (TPSA) is 73.7 Å². The highest BCUT2D eigenvalue weighted by molar-refractivity contribution is 5.86. The molecular formula is C19H25N3O3. The first kappa shape index (κ1) is 16.4. The number of piperidine rings is 1. The summed E-state index contributed by atoms with van der Waals surface area (Å²) in [5.41, 5.74) is -0.247. The minimum absolute atomic E-state index is 0.0565. The van der Waals surface area contributed by atoms with E-state index in [9.17, 15) is 9.59 Å². The zero-order valence-corrected chi connectivity index (χ0v) is 14.5. The van der Waals surface area contributed by atoms with E-state index in [1.54, 1.807) is 6.07 Å². The molecule has 1 unspecified atom stereocenters. The van der Waals surface area contributed by atoms with Crippen LogP contribution >= 0.6 is 0 Å². The molecule has 0 aromatic carbocycles. The first-order valence-corrected chi connectivity index (χ1v) is 9.35. The molecule has 0 radical (unpaired) electrons. The van der Waals surface area contributed by atoms with Crippen LogP contribution in [0.5, 0.6) is 0 Å². The average molecular weight is 343 g/mol. The number of anilines is 1. The maximum absolute atomic E-state index is 13.3. The Kier molecular flexibility index (Phi) is 4.13. The van der Waals surface area contributed by atoms with Crippen LogP contribution < -0.4 is 4.90 Å². The van der Waals surface area contributed by atoms with Gasteiger partial charge >= 0.3 is 5.97 Å². The normalized spacial score (nSPS) is 27.4. The van der Waals surface area contributed by atoms with E-state index in [1.165, 1.54) is 18.9 Å².